The van der Waals surface area contributed by atoms with Crippen LogP contribution in [0.15, 0.2) is 36.7 Å². The second-order valence-corrected chi connectivity index (χ2v) is 5.56. The second-order valence-electron chi connectivity index (χ2n) is 5.13. The number of carbonyl (C=O) groups is 1. The molecule has 0 aliphatic heterocycles. The molecule has 0 unspecified atom stereocenters. The van der Waals surface area contributed by atoms with Crippen LogP contribution in [0.25, 0.3) is 11.3 Å². The van der Waals surface area contributed by atoms with Crippen molar-refractivity contribution < 1.29 is 18.0 Å². The van der Waals surface area contributed by atoms with Gasteiger partial charge in [-0.25, -0.2) is 18.2 Å². The van der Waals surface area contributed by atoms with Crippen molar-refractivity contribution >= 4 is 23.2 Å². The minimum atomic E-state index is -1.08. The lowest BCUT2D eigenvalue weighted by Crippen LogP contribution is -2.14. The lowest BCUT2D eigenvalue weighted by molar-refractivity contribution is 0.102. The van der Waals surface area contributed by atoms with Crippen LogP contribution in [0.1, 0.15) is 10.5 Å². The number of halogens is 4. The summed E-state index contributed by atoms with van der Waals surface area (Å²) in [5, 5.41) is 6.21. The van der Waals surface area contributed by atoms with Crippen molar-refractivity contribution in [1.82, 2.24) is 14.8 Å². The quantitative estimate of drug-likeness (QED) is 0.767. The molecular weight excluding hydrogens is 357 g/mol. The number of nitrogens with zero attached hydrogens (tertiary/aromatic N) is 3. The smallest absolute Gasteiger partial charge is 0.274 e. The second kappa shape index (κ2) is 6.56. The third-order valence-corrected chi connectivity index (χ3v) is 3.50. The van der Waals surface area contributed by atoms with Crippen molar-refractivity contribution in [3.05, 3.63) is 64.8 Å². The average molecular weight is 367 g/mol. The van der Waals surface area contributed by atoms with Gasteiger partial charge in [0.1, 0.15) is 28.8 Å². The van der Waals surface area contributed by atoms with Crippen molar-refractivity contribution in [1.29, 1.82) is 0 Å². The summed E-state index contributed by atoms with van der Waals surface area (Å²) in [4.78, 5) is 16.0. The van der Waals surface area contributed by atoms with Crippen molar-refractivity contribution in [2.24, 2.45) is 7.05 Å². The molecule has 1 aromatic carbocycles. The summed E-state index contributed by atoms with van der Waals surface area (Å²) in [6, 6.07) is 3.69. The number of rotatable bonds is 3. The first-order valence-corrected chi connectivity index (χ1v) is 7.34. The topological polar surface area (TPSA) is 59.8 Å². The number of hydrogen-bond donors (Lipinski definition) is 1. The Labute approximate surface area is 145 Å². The van der Waals surface area contributed by atoms with Crippen molar-refractivity contribution in [2.45, 2.75) is 0 Å². The lowest BCUT2D eigenvalue weighted by Gasteiger charge is -2.09. The number of aryl methyl sites for hydroxylation is 1. The third kappa shape index (κ3) is 3.48. The van der Waals surface area contributed by atoms with Gasteiger partial charge in [-0.1, -0.05) is 11.6 Å². The summed E-state index contributed by atoms with van der Waals surface area (Å²) < 4.78 is 43.5. The van der Waals surface area contributed by atoms with Crippen LogP contribution >= 0.6 is 11.6 Å². The van der Waals surface area contributed by atoms with Gasteiger partial charge in [-0.05, 0) is 24.3 Å². The van der Waals surface area contributed by atoms with Gasteiger partial charge in [-0.15, -0.1) is 0 Å². The largest absolute Gasteiger partial charge is 0.318 e. The normalized spacial score (nSPS) is 10.8. The van der Waals surface area contributed by atoms with E-state index in [4.69, 9.17) is 11.6 Å². The molecule has 9 heteroatoms. The van der Waals surface area contributed by atoms with Gasteiger partial charge < -0.3 is 5.32 Å². The fourth-order valence-electron chi connectivity index (χ4n) is 2.19. The molecule has 1 amide bonds. The minimum absolute atomic E-state index is 0.176. The monoisotopic (exact) mass is 366 g/mol. The highest BCUT2D eigenvalue weighted by Crippen LogP contribution is 2.29. The first-order chi connectivity index (χ1) is 11.8. The Balaban J connectivity index is 2.00. The number of nitrogens with one attached hydrogen (secondary N) is 1. The number of carbonyl (C=O) groups excluding carboxylic acids is 1. The number of aromatic nitrogens is 3. The highest BCUT2D eigenvalue weighted by atomic mass is 35.5. The molecule has 0 fully saturated rings. The fraction of sp³-hybridized carbons (Fsp3) is 0.0625. The van der Waals surface area contributed by atoms with E-state index in [1.165, 1.54) is 10.9 Å². The molecule has 0 spiro atoms. The van der Waals surface area contributed by atoms with E-state index >= 15 is 0 Å². The van der Waals surface area contributed by atoms with E-state index in [0.717, 1.165) is 24.3 Å². The molecule has 0 bridgehead atoms. The zero-order valence-electron chi connectivity index (χ0n) is 12.7. The van der Waals surface area contributed by atoms with Gasteiger partial charge in [0.25, 0.3) is 5.91 Å². The first kappa shape index (κ1) is 17.0. The van der Waals surface area contributed by atoms with Gasteiger partial charge in [0.15, 0.2) is 0 Å². The summed E-state index contributed by atoms with van der Waals surface area (Å²) in [6.07, 6.45) is 2.95. The van der Waals surface area contributed by atoms with E-state index in [9.17, 15) is 18.0 Å². The van der Waals surface area contributed by atoms with E-state index in [1.54, 1.807) is 13.2 Å². The Morgan fingerprint density at radius 2 is 1.84 bits per heavy atom. The molecule has 2 heterocycles. The summed E-state index contributed by atoms with van der Waals surface area (Å²) >= 11 is 5.56. The van der Waals surface area contributed by atoms with Crippen LogP contribution in [0, 0.1) is 17.5 Å². The highest BCUT2D eigenvalue weighted by molar-refractivity contribution is 6.30. The standard InChI is InChI=1S/C16H10ClF3N4O/c1-24-7-9(6-21-24)22-16(25)13-3-2-10(18)15(23-13)14-11(19)4-8(17)5-12(14)20/h2-7H,1H3,(H,22,25). The zero-order chi connectivity index (χ0) is 18.1. The molecule has 1 N–H and O–H groups in total. The minimum Gasteiger partial charge on any atom is -0.318 e. The zero-order valence-corrected chi connectivity index (χ0v) is 13.5. The van der Waals surface area contributed by atoms with Crippen LogP contribution in [0.2, 0.25) is 5.02 Å². The van der Waals surface area contributed by atoms with E-state index in [1.807, 2.05) is 0 Å². The lowest BCUT2D eigenvalue weighted by atomic mass is 10.1. The highest BCUT2D eigenvalue weighted by Gasteiger charge is 2.20. The fourth-order valence-corrected chi connectivity index (χ4v) is 2.38. The number of pyridine rings is 1. The van der Waals surface area contributed by atoms with Gasteiger partial charge >= 0.3 is 0 Å². The Kier molecular flexibility index (Phi) is 4.45. The van der Waals surface area contributed by atoms with E-state index in [0.29, 0.717) is 5.69 Å². The third-order valence-electron chi connectivity index (χ3n) is 3.29. The van der Waals surface area contributed by atoms with E-state index in [2.05, 4.69) is 15.4 Å². The molecule has 0 saturated heterocycles. The number of anilines is 1. The SMILES string of the molecule is Cn1cc(NC(=O)c2ccc(F)c(-c3c(F)cc(Cl)cc3F)n2)cn1. The molecule has 3 aromatic rings. The molecule has 0 radical (unpaired) electrons. The molecule has 5 nitrogen and oxygen atoms in total. The van der Waals surface area contributed by atoms with Gasteiger partial charge in [0.2, 0.25) is 0 Å². The van der Waals surface area contributed by atoms with Gasteiger partial charge in [0, 0.05) is 18.3 Å². The van der Waals surface area contributed by atoms with Gasteiger partial charge in [-0.3, -0.25) is 9.48 Å². The van der Waals surface area contributed by atoms with Crippen LogP contribution in [-0.4, -0.2) is 20.7 Å². The number of hydrogen-bond acceptors (Lipinski definition) is 3. The number of benzene rings is 1. The van der Waals surface area contributed by atoms with Crippen molar-refractivity contribution in [3.8, 4) is 11.3 Å². The molecule has 0 atom stereocenters. The molecule has 0 aliphatic rings. The number of amides is 1. The summed E-state index contributed by atoms with van der Waals surface area (Å²) in [7, 11) is 1.66. The Morgan fingerprint density at radius 1 is 1.16 bits per heavy atom. The predicted molar refractivity (Wildman–Crippen MR) is 85.7 cm³/mol. The van der Waals surface area contributed by atoms with Crippen LogP contribution < -0.4 is 5.32 Å². The summed E-state index contributed by atoms with van der Waals surface area (Å²) in [5.41, 5.74) is -1.14. The molecule has 3 rings (SSSR count). The van der Waals surface area contributed by atoms with E-state index in [-0.39, 0.29) is 10.7 Å². The molecule has 25 heavy (non-hydrogen) atoms. The van der Waals surface area contributed by atoms with Crippen molar-refractivity contribution in [3.63, 3.8) is 0 Å². The average Bonchev–Trinajstić information content (AvgIpc) is 2.93. The summed E-state index contributed by atoms with van der Waals surface area (Å²) in [6.45, 7) is 0. The van der Waals surface area contributed by atoms with Gasteiger partial charge in [-0.2, -0.15) is 5.10 Å². The Morgan fingerprint density at radius 3 is 2.44 bits per heavy atom. The molecule has 128 valence electrons. The van der Waals surface area contributed by atoms with E-state index < -0.39 is 34.6 Å². The molecule has 0 saturated carbocycles. The first-order valence-electron chi connectivity index (χ1n) is 6.96. The van der Waals surface area contributed by atoms with Crippen LogP contribution in [0.5, 0.6) is 0 Å². The maximum Gasteiger partial charge on any atom is 0.274 e. The van der Waals surface area contributed by atoms with Crippen LogP contribution in [0.3, 0.4) is 0 Å². The maximum absolute atomic E-state index is 14.0. The van der Waals surface area contributed by atoms with Crippen LogP contribution in [0.4, 0.5) is 18.9 Å². The van der Waals surface area contributed by atoms with Gasteiger partial charge in [0.05, 0.1) is 17.4 Å². The maximum atomic E-state index is 14.0. The predicted octanol–water partition coefficient (Wildman–Crippen LogP) is 3.81. The molecule has 2 aromatic heterocycles. The Bertz CT molecular complexity index is 951. The van der Waals surface area contributed by atoms with Crippen molar-refractivity contribution in [2.75, 3.05) is 5.32 Å². The van der Waals surface area contributed by atoms with Crippen LogP contribution in [-0.2, 0) is 7.05 Å². The molecular formula is C16H10ClF3N4O. The molecule has 0 aliphatic carbocycles. The summed E-state index contributed by atoms with van der Waals surface area (Å²) in [5.74, 6) is -3.82. The Hall–Kier alpha value is -2.87.